The van der Waals surface area contributed by atoms with Crippen molar-refractivity contribution in [1.82, 2.24) is 9.91 Å². The molecule has 8 nitrogen and oxygen atoms in total. The Kier molecular flexibility index (Phi) is 8.90. The maximum absolute atomic E-state index is 14.5. The quantitative estimate of drug-likeness (QED) is 0.591. The molecule has 2 aliphatic heterocycles. The molecule has 1 unspecified atom stereocenters. The fourth-order valence-corrected chi connectivity index (χ4v) is 4.60. The van der Waals surface area contributed by atoms with E-state index in [0.29, 0.717) is 18.0 Å². The van der Waals surface area contributed by atoms with Crippen LogP contribution in [-0.4, -0.2) is 68.7 Å². The molecule has 1 amide bonds. The Morgan fingerprint density at radius 1 is 1.22 bits per heavy atom. The number of nitrogens with zero attached hydrogens (tertiary/aromatic N) is 4. The first kappa shape index (κ1) is 26.3. The number of hydrazine groups is 1. The zero-order chi connectivity index (χ0) is 26.2. The molecule has 0 bridgehead atoms. The molecule has 0 spiro atoms. The van der Waals surface area contributed by atoms with Crippen molar-refractivity contribution in [2.75, 3.05) is 45.9 Å². The van der Waals surface area contributed by atoms with Crippen molar-refractivity contribution in [3.63, 3.8) is 0 Å². The topological polar surface area (TPSA) is 78.8 Å². The predicted molar refractivity (Wildman–Crippen MR) is 144 cm³/mol. The van der Waals surface area contributed by atoms with Gasteiger partial charge in [-0.25, -0.2) is 4.39 Å². The Morgan fingerprint density at radius 3 is 2.76 bits per heavy atom. The van der Waals surface area contributed by atoms with E-state index in [4.69, 9.17) is 9.47 Å². The number of aryl methyl sites for hydroxylation is 1. The number of carbonyl (C=O) groups is 1. The maximum Gasteiger partial charge on any atom is 0.253 e. The van der Waals surface area contributed by atoms with Gasteiger partial charge in [-0.2, -0.15) is 0 Å². The third-order valence-electron chi connectivity index (χ3n) is 6.68. The van der Waals surface area contributed by atoms with Gasteiger partial charge in [0.05, 0.1) is 25.4 Å². The van der Waals surface area contributed by atoms with Crippen LogP contribution in [0.15, 0.2) is 58.8 Å². The number of methoxy groups -OCH3 is 1. The summed E-state index contributed by atoms with van der Waals surface area (Å²) < 4.78 is 25.0. The van der Waals surface area contributed by atoms with Gasteiger partial charge in [0.2, 0.25) is 0 Å². The summed E-state index contributed by atoms with van der Waals surface area (Å²) in [6, 6.07) is 10.2. The number of anilines is 1. The van der Waals surface area contributed by atoms with Crippen molar-refractivity contribution in [1.29, 1.82) is 0 Å². The largest absolute Gasteiger partial charge is 0.494 e. The van der Waals surface area contributed by atoms with E-state index in [-0.39, 0.29) is 17.7 Å². The highest BCUT2D eigenvalue weighted by molar-refractivity contribution is 6.16. The lowest BCUT2D eigenvalue weighted by Crippen LogP contribution is -2.34. The van der Waals surface area contributed by atoms with Gasteiger partial charge in [-0.15, -0.1) is 0 Å². The lowest BCUT2D eigenvalue weighted by atomic mass is 9.99. The van der Waals surface area contributed by atoms with Gasteiger partial charge in [-0.05, 0) is 67.1 Å². The van der Waals surface area contributed by atoms with E-state index in [1.54, 1.807) is 35.8 Å². The Labute approximate surface area is 217 Å². The van der Waals surface area contributed by atoms with Crippen LogP contribution >= 0.6 is 0 Å². The van der Waals surface area contributed by atoms with E-state index in [2.05, 4.69) is 15.4 Å². The first-order valence-corrected chi connectivity index (χ1v) is 12.5. The molecular weight excluding hydrogens is 473 g/mol. The molecule has 1 N–H and O–H groups in total. The molecule has 2 heterocycles. The van der Waals surface area contributed by atoms with E-state index >= 15 is 0 Å². The smallest absolute Gasteiger partial charge is 0.253 e. The van der Waals surface area contributed by atoms with Crippen LogP contribution in [0.4, 0.5) is 10.1 Å². The van der Waals surface area contributed by atoms with E-state index in [1.165, 1.54) is 13.2 Å². The number of hydrogen-bond donors (Lipinski definition) is 1. The number of hydrogen-bond acceptors (Lipinski definition) is 7. The second kappa shape index (κ2) is 12.5. The number of ether oxygens (including phenoxy) is 2. The third kappa shape index (κ3) is 6.74. The molecule has 1 saturated heterocycles. The van der Waals surface area contributed by atoms with E-state index in [1.807, 2.05) is 43.2 Å². The van der Waals surface area contributed by atoms with Crippen LogP contribution in [0.1, 0.15) is 40.4 Å². The Morgan fingerprint density at radius 2 is 2.03 bits per heavy atom. The van der Waals surface area contributed by atoms with Gasteiger partial charge in [0.25, 0.3) is 5.91 Å². The van der Waals surface area contributed by atoms with Gasteiger partial charge in [-0.1, -0.05) is 6.07 Å². The minimum atomic E-state index is -0.437. The number of nitrogens with one attached hydrogen (secondary N) is 1. The molecule has 1 atom stereocenters. The van der Waals surface area contributed by atoms with Gasteiger partial charge in [0.1, 0.15) is 0 Å². The predicted octanol–water partition coefficient (Wildman–Crippen LogP) is 4.64. The maximum atomic E-state index is 14.5. The summed E-state index contributed by atoms with van der Waals surface area (Å²) in [5, 5.41) is 1.84. The summed E-state index contributed by atoms with van der Waals surface area (Å²) in [6.07, 6.45) is 8.63. The normalized spacial score (nSPS) is 19.0. The van der Waals surface area contributed by atoms with E-state index < -0.39 is 5.82 Å². The van der Waals surface area contributed by atoms with Crippen molar-refractivity contribution in [2.45, 2.75) is 25.8 Å². The molecule has 0 saturated carbocycles. The molecule has 9 heteroatoms. The van der Waals surface area contributed by atoms with E-state index in [9.17, 15) is 9.18 Å². The molecule has 196 valence electrons. The fourth-order valence-electron chi connectivity index (χ4n) is 4.60. The zero-order valence-corrected chi connectivity index (χ0v) is 21.6. The molecule has 0 radical (unpaired) electrons. The Bertz CT molecular complexity index is 1180. The molecule has 2 aromatic carbocycles. The highest BCUT2D eigenvalue weighted by Crippen LogP contribution is 2.28. The van der Waals surface area contributed by atoms with Gasteiger partial charge in [0, 0.05) is 57.2 Å². The van der Waals surface area contributed by atoms with Crippen molar-refractivity contribution < 1.29 is 18.7 Å². The summed E-state index contributed by atoms with van der Waals surface area (Å²) in [7, 11) is 3.30. The number of rotatable bonds is 7. The Hall–Kier alpha value is -3.72. The van der Waals surface area contributed by atoms with Gasteiger partial charge >= 0.3 is 0 Å². The summed E-state index contributed by atoms with van der Waals surface area (Å²) in [4.78, 5) is 23.6. The van der Waals surface area contributed by atoms with Crippen molar-refractivity contribution in [2.24, 2.45) is 15.9 Å². The average Bonchev–Trinajstić information content (AvgIpc) is 3.01. The van der Waals surface area contributed by atoms with Gasteiger partial charge in [-0.3, -0.25) is 25.2 Å². The van der Waals surface area contributed by atoms with Crippen LogP contribution in [0.25, 0.3) is 0 Å². The summed E-state index contributed by atoms with van der Waals surface area (Å²) in [5.41, 5.74) is 6.43. The van der Waals surface area contributed by atoms with E-state index in [0.717, 1.165) is 49.4 Å². The second-order valence-electron chi connectivity index (χ2n) is 9.31. The molecule has 2 aromatic rings. The molecule has 0 aliphatic carbocycles. The van der Waals surface area contributed by atoms with Crippen LogP contribution in [-0.2, 0) is 4.74 Å². The lowest BCUT2D eigenvalue weighted by molar-refractivity contribution is 0.0497. The van der Waals surface area contributed by atoms with Crippen LogP contribution < -0.4 is 10.2 Å². The SMILES string of the molecule is COc1ccc(C2CN=CC=N/C=C\N2Nc2ccc(C(=O)N(C)CC3CCOCC3)c(C)c2)cc1F. The van der Waals surface area contributed by atoms with Crippen LogP contribution in [0.5, 0.6) is 5.75 Å². The highest BCUT2D eigenvalue weighted by atomic mass is 19.1. The molecule has 1 fully saturated rings. The minimum absolute atomic E-state index is 0.00782. The number of halogens is 1. The summed E-state index contributed by atoms with van der Waals surface area (Å²) in [5.74, 6) is 0.226. The molecule has 2 aliphatic rings. The molecule has 37 heavy (non-hydrogen) atoms. The fraction of sp³-hybridized carbons (Fsp3) is 0.393. The minimum Gasteiger partial charge on any atom is -0.494 e. The van der Waals surface area contributed by atoms with Crippen molar-refractivity contribution in [3.8, 4) is 5.75 Å². The van der Waals surface area contributed by atoms with Crippen molar-refractivity contribution >= 4 is 24.0 Å². The van der Waals surface area contributed by atoms with Crippen LogP contribution in [0.2, 0.25) is 0 Å². The molecule has 0 aromatic heterocycles. The first-order chi connectivity index (χ1) is 18.0. The average molecular weight is 508 g/mol. The van der Waals surface area contributed by atoms with Gasteiger partial charge < -0.3 is 14.4 Å². The number of aliphatic imine (C=N–C) groups is 2. The summed E-state index contributed by atoms with van der Waals surface area (Å²) in [6.45, 7) is 4.55. The van der Waals surface area contributed by atoms with Crippen molar-refractivity contribution in [3.05, 3.63) is 71.3 Å². The van der Waals surface area contributed by atoms with Crippen LogP contribution in [0.3, 0.4) is 0 Å². The molecule has 4 rings (SSSR count). The van der Waals surface area contributed by atoms with Gasteiger partial charge in [0.15, 0.2) is 11.6 Å². The number of carbonyl (C=O) groups excluding carboxylic acids is 1. The lowest BCUT2D eigenvalue weighted by Gasteiger charge is -2.31. The van der Waals surface area contributed by atoms with Crippen LogP contribution in [0, 0.1) is 18.7 Å². The number of amides is 1. The highest BCUT2D eigenvalue weighted by Gasteiger charge is 2.22. The first-order valence-electron chi connectivity index (χ1n) is 12.5. The second-order valence-corrected chi connectivity index (χ2v) is 9.31. The zero-order valence-electron chi connectivity index (χ0n) is 21.6. The number of benzene rings is 2. The monoisotopic (exact) mass is 507 g/mol. The molecular formula is C28H34FN5O3. The third-order valence-corrected chi connectivity index (χ3v) is 6.68. The Balaban J connectivity index is 1.52. The standard InChI is InChI=1S/C28H34FN5O3/c1-20-16-23(5-6-24(20)28(35)33(2)19-21-8-14-37-15-9-21)32-34-13-12-30-10-11-31-18-26(34)22-4-7-27(36-3)25(29)17-22/h4-7,10-13,16-17,21,26,32H,8-9,14-15,18-19H2,1-3H3/b13-12-,30-10?,31-11?. The summed E-state index contributed by atoms with van der Waals surface area (Å²) >= 11 is 0.